The molecule has 2 aromatic rings. The smallest absolute Gasteiger partial charge is 0.105 e. The van der Waals surface area contributed by atoms with Crippen LogP contribution in [0.3, 0.4) is 0 Å². The Morgan fingerprint density at radius 2 is 1.69 bits per heavy atom. The Balaban J connectivity index is 2.26. The van der Waals surface area contributed by atoms with Crippen LogP contribution in [0.4, 0.5) is 0 Å². The van der Waals surface area contributed by atoms with Gasteiger partial charge in [-0.05, 0) is 106 Å². The summed E-state index contributed by atoms with van der Waals surface area (Å²) in [6, 6.07) is 13.9. The van der Waals surface area contributed by atoms with Crippen molar-refractivity contribution in [3.05, 3.63) is 142 Å². The Hall–Kier alpha value is -5.12. The van der Waals surface area contributed by atoms with E-state index in [1.807, 2.05) is 64.2 Å². The van der Waals surface area contributed by atoms with Gasteiger partial charge in [-0.1, -0.05) is 99.0 Å². The Morgan fingerprint density at radius 3 is 2.25 bits per heavy atom. The van der Waals surface area contributed by atoms with E-state index in [4.69, 9.17) is 28.2 Å². The normalized spacial score (nSPS) is 12.7. The molecule has 51 heavy (non-hydrogen) atoms. The van der Waals surface area contributed by atoms with Crippen LogP contribution in [0.25, 0.3) is 11.6 Å². The Morgan fingerprint density at radius 1 is 1.00 bits per heavy atom. The number of nitrogens with zero attached hydrogens (tertiary/aromatic N) is 3. The van der Waals surface area contributed by atoms with Gasteiger partial charge in [0, 0.05) is 53.4 Å². The van der Waals surface area contributed by atoms with Gasteiger partial charge in [-0.25, -0.2) is 0 Å². The number of rotatable bonds is 16. The highest BCUT2D eigenvalue weighted by Gasteiger charge is 2.21. The maximum Gasteiger partial charge on any atom is 0.105 e. The molecule has 0 radical (unpaired) electrons. The quantitative estimate of drug-likeness (QED) is 0.0703. The summed E-state index contributed by atoms with van der Waals surface area (Å²) >= 11 is 6.17. The van der Waals surface area contributed by atoms with Crippen molar-refractivity contribution in [3.63, 3.8) is 0 Å². The number of halogens is 1. The van der Waals surface area contributed by atoms with Crippen LogP contribution in [0, 0.1) is 22.7 Å². The summed E-state index contributed by atoms with van der Waals surface area (Å²) in [5.74, 6) is 6.99. The second-order valence-electron chi connectivity index (χ2n) is 12.3. The molecule has 4 N–H and O–H groups in total. The van der Waals surface area contributed by atoms with E-state index in [1.165, 1.54) is 28.5 Å². The number of allylic oxidation sites excluding steroid dienone is 7. The zero-order valence-corrected chi connectivity index (χ0v) is 32.3. The van der Waals surface area contributed by atoms with E-state index >= 15 is 0 Å². The third-order valence-electron chi connectivity index (χ3n) is 8.65. The zero-order chi connectivity index (χ0) is 38.1. The summed E-state index contributed by atoms with van der Waals surface area (Å²) in [6.45, 7) is 27.4. The van der Waals surface area contributed by atoms with Gasteiger partial charge < -0.3 is 10.6 Å². The number of benzene rings is 2. The van der Waals surface area contributed by atoms with Crippen molar-refractivity contribution in [2.45, 2.75) is 74.1 Å². The molecule has 6 nitrogen and oxygen atoms in total. The average Bonchev–Trinajstić information content (AvgIpc) is 3.12. The van der Waals surface area contributed by atoms with Crippen molar-refractivity contribution in [1.82, 2.24) is 9.80 Å². The molecule has 0 aromatic heterocycles. The van der Waals surface area contributed by atoms with Gasteiger partial charge >= 0.3 is 0 Å². The number of aliphatic imine (C=N–C) groups is 1. The first kappa shape index (κ1) is 42.0. The Kier molecular flexibility index (Phi) is 17.5. The van der Waals surface area contributed by atoms with Gasteiger partial charge in [-0.3, -0.25) is 20.7 Å². The van der Waals surface area contributed by atoms with Gasteiger partial charge in [-0.15, -0.1) is 0 Å². The van der Waals surface area contributed by atoms with Gasteiger partial charge in [-0.2, -0.15) is 0 Å². The van der Waals surface area contributed by atoms with Crippen LogP contribution in [-0.4, -0.2) is 40.8 Å². The van der Waals surface area contributed by atoms with E-state index in [-0.39, 0.29) is 5.84 Å². The van der Waals surface area contributed by atoms with E-state index in [0.29, 0.717) is 35.9 Å². The standard InChI is InChI=1S/C44H55ClN6/c1-11-38-16-15-17-40(42(38)12-2)21-18-31(5)30-50(14-4)27-26-49-29-37(28-46)20-19-32(6)33(7)44(34(8)39-22-24-41(45)25-23-39)35(9)51(36(10)47)43(48)13-3/h11,14-17,22-25,28-30,47-48H,1,4,8,12-13,18,21,26-27,46H2,2-3,5-7,9-10H3/b31-30+,33-32+,37-28?,44-35-,47-36?,48-43?,49-29?. The molecule has 0 spiro atoms. The van der Waals surface area contributed by atoms with Crippen LogP contribution in [-0.2, 0) is 12.8 Å². The highest BCUT2D eigenvalue weighted by Crippen LogP contribution is 2.33. The summed E-state index contributed by atoms with van der Waals surface area (Å²) in [4.78, 5) is 8.30. The molecule has 0 amide bonds. The molecule has 2 aromatic carbocycles. The van der Waals surface area contributed by atoms with Gasteiger partial charge in [0.15, 0.2) is 0 Å². The average molecular weight is 703 g/mol. The SMILES string of the molecule is C=Cc1cccc(CC/C(C)=C/N(C=C)CCN=CC(C#C/C(C)=C(C)/C(C(=C)c2ccc(Cl)cc2)=C(\C)N(C(C)=N)C(=N)CC)=CN)c1CC. The highest BCUT2D eigenvalue weighted by molar-refractivity contribution is 6.30. The molecule has 268 valence electrons. The van der Waals surface area contributed by atoms with E-state index in [2.05, 4.69) is 79.7 Å². The van der Waals surface area contributed by atoms with Gasteiger partial charge in [0.2, 0.25) is 0 Å². The minimum Gasteiger partial charge on any atom is -0.404 e. The predicted octanol–water partition coefficient (Wildman–Crippen LogP) is 10.8. The summed E-state index contributed by atoms with van der Waals surface area (Å²) in [6.07, 6.45) is 12.4. The monoisotopic (exact) mass is 702 g/mol. The summed E-state index contributed by atoms with van der Waals surface area (Å²) < 4.78 is 0. The fourth-order valence-corrected chi connectivity index (χ4v) is 5.86. The lowest BCUT2D eigenvalue weighted by Gasteiger charge is -2.28. The Bertz CT molecular complexity index is 1820. The summed E-state index contributed by atoms with van der Waals surface area (Å²) in [5, 5.41) is 17.6. The summed E-state index contributed by atoms with van der Waals surface area (Å²) in [5.41, 5.74) is 16.6. The highest BCUT2D eigenvalue weighted by atomic mass is 35.5. The lowest BCUT2D eigenvalue weighted by molar-refractivity contribution is 0.512. The molecular formula is C44H55ClN6. The van der Waals surface area contributed by atoms with Crippen molar-refractivity contribution in [1.29, 1.82) is 10.8 Å². The molecule has 0 aliphatic carbocycles. The first-order valence-electron chi connectivity index (χ1n) is 17.3. The number of nitrogens with one attached hydrogen (secondary N) is 2. The number of hydrogen-bond donors (Lipinski definition) is 3. The molecule has 0 aliphatic heterocycles. The maximum absolute atomic E-state index is 8.57. The molecule has 0 atom stereocenters. The van der Waals surface area contributed by atoms with Gasteiger partial charge in [0.25, 0.3) is 0 Å². The topological polar surface area (TPSA) is 92.6 Å². The van der Waals surface area contributed by atoms with Crippen LogP contribution in [0.5, 0.6) is 0 Å². The first-order valence-corrected chi connectivity index (χ1v) is 17.7. The van der Waals surface area contributed by atoms with Crippen LogP contribution < -0.4 is 5.73 Å². The number of nitrogens with two attached hydrogens (primary N) is 1. The van der Waals surface area contributed by atoms with Crippen LogP contribution in [0.1, 0.15) is 83.6 Å². The van der Waals surface area contributed by atoms with Crippen molar-refractivity contribution < 1.29 is 0 Å². The molecule has 0 aliphatic rings. The zero-order valence-electron chi connectivity index (χ0n) is 31.6. The van der Waals surface area contributed by atoms with E-state index < -0.39 is 0 Å². The van der Waals surface area contributed by atoms with Gasteiger partial charge in [0.05, 0.1) is 12.1 Å². The van der Waals surface area contributed by atoms with Gasteiger partial charge in [0.1, 0.15) is 11.7 Å². The molecule has 0 fully saturated rings. The fraction of sp³-hybridized carbons (Fsp3) is 0.295. The lowest BCUT2D eigenvalue weighted by Crippen LogP contribution is -2.33. The number of hydrogen-bond acceptors (Lipinski definition) is 5. The fourth-order valence-electron chi connectivity index (χ4n) is 5.74. The maximum atomic E-state index is 8.57. The third kappa shape index (κ3) is 12.3. The molecule has 0 saturated carbocycles. The van der Waals surface area contributed by atoms with Crippen molar-refractivity contribution >= 4 is 41.1 Å². The van der Waals surface area contributed by atoms with Crippen LogP contribution >= 0.6 is 11.6 Å². The number of aryl methyl sites for hydroxylation is 1. The lowest BCUT2D eigenvalue weighted by atomic mass is 9.89. The third-order valence-corrected chi connectivity index (χ3v) is 8.91. The molecule has 0 bridgehead atoms. The Labute approximate surface area is 312 Å². The van der Waals surface area contributed by atoms with Crippen molar-refractivity contribution in [2.24, 2.45) is 10.7 Å². The van der Waals surface area contributed by atoms with Crippen molar-refractivity contribution in [3.8, 4) is 11.8 Å². The second-order valence-corrected chi connectivity index (χ2v) is 12.7. The number of amidine groups is 2. The van der Waals surface area contributed by atoms with E-state index in [9.17, 15) is 0 Å². The van der Waals surface area contributed by atoms with Crippen LogP contribution in [0.15, 0.2) is 119 Å². The van der Waals surface area contributed by atoms with E-state index in [1.54, 1.807) is 18.0 Å². The van der Waals surface area contributed by atoms with Crippen molar-refractivity contribution in [2.75, 3.05) is 13.1 Å². The molecule has 0 unspecified atom stereocenters. The predicted molar refractivity (Wildman–Crippen MR) is 223 cm³/mol. The summed E-state index contributed by atoms with van der Waals surface area (Å²) in [7, 11) is 0. The molecule has 2 rings (SSSR count). The molecule has 7 heteroatoms. The molecular weight excluding hydrogens is 648 g/mol. The largest absolute Gasteiger partial charge is 0.404 e. The van der Waals surface area contributed by atoms with E-state index in [0.717, 1.165) is 52.8 Å². The minimum atomic E-state index is 0.252. The minimum absolute atomic E-state index is 0.252. The molecule has 0 heterocycles. The van der Waals surface area contributed by atoms with Crippen LogP contribution in [0.2, 0.25) is 5.02 Å². The molecule has 0 saturated heterocycles. The second kappa shape index (κ2) is 21.2. The first-order chi connectivity index (χ1) is 24.3.